The zero-order valence-corrected chi connectivity index (χ0v) is 14.4. The van der Waals surface area contributed by atoms with E-state index in [1.54, 1.807) is 26.8 Å². The third kappa shape index (κ3) is 5.73. The highest BCUT2D eigenvalue weighted by Gasteiger charge is 2.21. The maximum Gasteiger partial charge on any atom is 0.412 e. The summed E-state index contributed by atoms with van der Waals surface area (Å²) < 4.78 is 19.2. The van der Waals surface area contributed by atoms with E-state index in [9.17, 15) is 9.18 Å². The number of halogens is 1. The summed E-state index contributed by atoms with van der Waals surface area (Å²) >= 11 is 0. The van der Waals surface area contributed by atoms with Crippen molar-refractivity contribution < 1.29 is 13.9 Å². The number of benzene rings is 1. The molecular formula is C18H27FN2O2. The Kier molecular flexibility index (Phi) is 5.50. The van der Waals surface area contributed by atoms with E-state index >= 15 is 0 Å². The first kappa shape index (κ1) is 17.6. The number of rotatable bonds is 5. The Balaban J connectivity index is 1.96. The number of carbonyl (C=O) groups excluding carboxylic acids is 1. The molecule has 0 saturated heterocycles. The van der Waals surface area contributed by atoms with Gasteiger partial charge in [0.25, 0.3) is 0 Å². The maximum absolute atomic E-state index is 14.0. The van der Waals surface area contributed by atoms with Crippen LogP contribution in [0.3, 0.4) is 0 Å². The van der Waals surface area contributed by atoms with Crippen molar-refractivity contribution in [3.63, 3.8) is 0 Å². The summed E-state index contributed by atoms with van der Waals surface area (Å²) in [6.07, 6.45) is 4.35. The summed E-state index contributed by atoms with van der Waals surface area (Å²) in [4.78, 5) is 11.8. The van der Waals surface area contributed by atoms with Gasteiger partial charge in [-0.05, 0) is 58.2 Å². The van der Waals surface area contributed by atoms with Gasteiger partial charge in [0.15, 0.2) is 0 Å². The number of anilines is 2. The van der Waals surface area contributed by atoms with Crippen molar-refractivity contribution in [3.05, 3.63) is 24.0 Å². The van der Waals surface area contributed by atoms with E-state index in [4.69, 9.17) is 4.74 Å². The van der Waals surface area contributed by atoms with E-state index in [2.05, 4.69) is 17.6 Å². The van der Waals surface area contributed by atoms with Crippen molar-refractivity contribution in [2.24, 2.45) is 5.92 Å². The highest BCUT2D eigenvalue weighted by molar-refractivity contribution is 5.85. The average molecular weight is 322 g/mol. The van der Waals surface area contributed by atoms with Crippen molar-refractivity contribution in [1.82, 2.24) is 0 Å². The van der Waals surface area contributed by atoms with Crippen LogP contribution in [0.5, 0.6) is 0 Å². The normalized spacial score (nSPS) is 16.4. The molecule has 0 bridgehead atoms. The molecule has 0 heterocycles. The second kappa shape index (κ2) is 7.20. The van der Waals surface area contributed by atoms with Crippen LogP contribution < -0.4 is 10.6 Å². The van der Waals surface area contributed by atoms with Gasteiger partial charge in [0, 0.05) is 11.7 Å². The first-order chi connectivity index (χ1) is 10.7. The number of amides is 1. The minimum atomic E-state index is -0.567. The maximum atomic E-state index is 14.0. The van der Waals surface area contributed by atoms with Crippen LogP contribution in [0.15, 0.2) is 18.2 Å². The number of hydrogen-bond donors (Lipinski definition) is 2. The summed E-state index contributed by atoms with van der Waals surface area (Å²) in [7, 11) is 0. The Morgan fingerprint density at radius 2 is 2.09 bits per heavy atom. The van der Waals surface area contributed by atoms with Gasteiger partial charge in [-0.15, -0.1) is 0 Å². The van der Waals surface area contributed by atoms with Crippen LogP contribution in [-0.4, -0.2) is 17.7 Å². The third-order valence-electron chi connectivity index (χ3n) is 3.93. The standard InChI is InChI=1S/C18H27FN2O2/c1-12(10-13-6-5-7-13)20-16-11-14(8-9-15(16)19)21-17(22)23-18(2,3)4/h8-9,11-13,20H,5-7,10H2,1-4H3,(H,21,22). The van der Waals surface area contributed by atoms with Gasteiger partial charge in [0.05, 0.1) is 5.69 Å². The van der Waals surface area contributed by atoms with E-state index < -0.39 is 11.7 Å². The lowest BCUT2D eigenvalue weighted by atomic mass is 9.81. The van der Waals surface area contributed by atoms with Crippen molar-refractivity contribution in [2.45, 2.75) is 65.0 Å². The first-order valence-corrected chi connectivity index (χ1v) is 8.29. The van der Waals surface area contributed by atoms with Crippen molar-refractivity contribution in [2.75, 3.05) is 10.6 Å². The molecule has 0 aliphatic heterocycles. The predicted octanol–water partition coefficient (Wildman–Crippen LogP) is 5.16. The lowest BCUT2D eigenvalue weighted by Gasteiger charge is -2.29. The Bertz CT molecular complexity index is 550. The second-order valence-electron chi connectivity index (χ2n) is 7.40. The molecule has 1 aromatic carbocycles. The van der Waals surface area contributed by atoms with Crippen LogP contribution in [0.25, 0.3) is 0 Å². The molecule has 2 rings (SSSR count). The summed E-state index contributed by atoms with van der Waals surface area (Å²) in [5.41, 5.74) is 0.354. The zero-order chi connectivity index (χ0) is 17.0. The molecule has 2 N–H and O–H groups in total. The number of carbonyl (C=O) groups is 1. The molecule has 1 amide bonds. The summed E-state index contributed by atoms with van der Waals surface area (Å²) in [5.74, 6) is 0.434. The van der Waals surface area contributed by atoms with Crippen molar-refractivity contribution in [1.29, 1.82) is 0 Å². The van der Waals surface area contributed by atoms with Crippen LogP contribution >= 0.6 is 0 Å². The molecule has 0 aromatic heterocycles. The molecule has 0 spiro atoms. The van der Waals surface area contributed by atoms with Gasteiger partial charge in [-0.25, -0.2) is 9.18 Å². The van der Waals surface area contributed by atoms with E-state index in [1.807, 2.05) is 0 Å². The van der Waals surface area contributed by atoms with Crippen LogP contribution in [-0.2, 0) is 4.74 Å². The molecule has 1 unspecified atom stereocenters. The largest absolute Gasteiger partial charge is 0.444 e. The fourth-order valence-electron chi connectivity index (χ4n) is 2.69. The molecule has 1 aliphatic carbocycles. The topological polar surface area (TPSA) is 50.4 Å². The summed E-state index contributed by atoms with van der Waals surface area (Å²) in [6, 6.07) is 4.69. The fraction of sp³-hybridized carbons (Fsp3) is 0.611. The Morgan fingerprint density at radius 3 is 2.65 bits per heavy atom. The van der Waals surface area contributed by atoms with Gasteiger partial charge in [0.2, 0.25) is 0 Å². The minimum Gasteiger partial charge on any atom is -0.444 e. The Hall–Kier alpha value is -1.78. The van der Waals surface area contributed by atoms with Crippen molar-refractivity contribution in [3.8, 4) is 0 Å². The van der Waals surface area contributed by atoms with Crippen LogP contribution in [0.1, 0.15) is 53.4 Å². The molecule has 1 saturated carbocycles. The number of ether oxygens (including phenoxy) is 1. The minimum absolute atomic E-state index is 0.201. The molecule has 128 valence electrons. The quantitative estimate of drug-likeness (QED) is 0.787. The Labute approximate surface area is 137 Å². The highest BCUT2D eigenvalue weighted by Crippen LogP contribution is 2.31. The van der Waals surface area contributed by atoms with Crippen LogP contribution in [0.2, 0.25) is 0 Å². The van der Waals surface area contributed by atoms with Gasteiger partial charge in [-0.2, -0.15) is 0 Å². The summed E-state index contributed by atoms with van der Waals surface area (Å²) in [5, 5.41) is 5.84. The lowest BCUT2D eigenvalue weighted by Crippen LogP contribution is -2.27. The monoisotopic (exact) mass is 322 g/mol. The smallest absolute Gasteiger partial charge is 0.412 e. The first-order valence-electron chi connectivity index (χ1n) is 8.29. The molecule has 4 nitrogen and oxygen atoms in total. The molecule has 5 heteroatoms. The fourth-order valence-corrected chi connectivity index (χ4v) is 2.69. The lowest BCUT2D eigenvalue weighted by molar-refractivity contribution is 0.0636. The van der Waals surface area contributed by atoms with E-state index in [1.165, 1.54) is 31.4 Å². The number of hydrogen-bond acceptors (Lipinski definition) is 3. The average Bonchev–Trinajstić information content (AvgIpc) is 2.35. The SMILES string of the molecule is CC(CC1CCC1)Nc1cc(NC(=O)OC(C)(C)C)ccc1F. The van der Waals surface area contributed by atoms with E-state index in [0.29, 0.717) is 11.4 Å². The van der Waals surface area contributed by atoms with E-state index in [-0.39, 0.29) is 11.9 Å². The highest BCUT2D eigenvalue weighted by atomic mass is 19.1. The third-order valence-corrected chi connectivity index (χ3v) is 3.93. The van der Waals surface area contributed by atoms with Crippen molar-refractivity contribution >= 4 is 17.5 Å². The molecular weight excluding hydrogens is 295 g/mol. The van der Waals surface area contributed by atoms with Gasteiger partial charge in [0.1, 0.15) is 11.4 Å². The molecule has 23 heavy (non-hydrogen) atoms. The Morgan fingerprint density at radius 1 is 1.39 bits per heavy atom. The predicted molar refractivity (Wildman–Crippen MR) is 91.3 cm³/mol. The van der Waals surface area contributed by atoms with Gasteiger partial charge in [-0.1, -0.05) is 19.3 Å². The molecule has 1 atom stereocenters. The molecule has 1 aromatic rings. The molecule has 1 fully saturated rings. The van der Waals surface area contributed by atoms with Gasteiger partial charge >= 0.3 is 6.09 Å². The number of nitrogens with one attached hydrogen (secondary N) is 2. The second-order valence-corrected chi connectivity index (χ2v) is 7.40. The van der Waals surface area contributed by atoms with Crippen LogP contribution in [0.4, 0.5) is 20.6 Å². The van der Waals surface area contributed by atoms with Gasteiger partial charge in [-0.3, -0.25) is 5.32 Å². The molecule has 0 radical (unpaired) electrons. The van der Waals surface area contributed by atoms with Gasteiger partial charge < -0.3 is 10.1 Å². The van der Waals surface area contributed by atoms with E-state index in [0.717, 1.165) is 12.3 Å². The molecule has 1 aliphatic rings. The summed E-state index contributed by atoms with van der Waals surface area (Å²) in [6.45, 7) is 7.46. The van der Waals surface area contributed by atoms with Crippen LogP contribution in [0, 0.1) is 11.7 Å². The zero-order valence-electron chi connectivity index (χ0n) is 14.4.